The van der Waals surface area contributed by atoms with Crippen LogP contribution in [0.1, 0.15) is 10.4 Å². The number of benzene rings is 2. The van der Waals surface area contributed by atoms with Gasteiger partial charge in [0, 0.05) is 24.1 Å². The van der Waals surface area contributed by atoms with Crippen LogP contribution in [0.2, 0.25) is 0 Å². The minimum atomic E-state index is -1.02. The number of hydrogen-bond acceptors (Lipinski definition) is 7. The summed E-state index contributed by atoms with van der Waals surface area (Å²) in [7, 11) is 0. The normalized spacial score (nSPS) is 10.4. The molecule has 1 heterocycles. The van der Waals surface area contributed by atoms with Crippen molar-refractivity contribution in [1.29, 1.82) is 0 Å². The number of ether oxygens (including phenoxy) is 1. The van der Waals surface area contributed by atoms with Crippen molar-refractivity contribution in [2.45, 2.75) is 0 Å². The summed E-state index contributed by atoms with van der Waals surface area (Å²) in [6.07, 6.45) is 3.00. The number of aromatic nitrogens is 2. The molecular weight excluding hydrogens is 359 g/mol. The van der Waals surface area contributed by atoms with Crippen molar-refractivity contribution in [2.24, 2.45) is 0 Å². The van der Waals surface area contributed by atoms with E-state index in [1.54, 1.807) is 6.07 Å². The Balaban J connectivity index is 1.62. The van der Waals surface area contributed by atoms with Gasteiger partial charge < -0.3 is 10.1 Å². The van der Waals surface area contributed by atoms with Gasteiger partial charge in [-0.3, -0.25) is 24.9 Å². The molecule has 0 spiro atoms. The number of rotatable bonds is 5. The number of amides is 1. The number of carbonyl (C=O) groups excluding carboxylic acids is 2. The van der Waals surface area contributed by atoms with Crippen LogP contribution >= 0.6 is 0 Å². The fourth-order valence-electron chi connectivity index (χ4n) is 2.23. The molecule has 136 valence electrons. The van der Waals surface area contributed by atoms with E-state index in [9.17, 15) is 24.1 Å². The maximum absolute atomic E-state index is 13.3. The minimum Gasteiger partial charge on any atom is -0.452 e. The summed E-state index contributed by atoms with van der Waals surface area (Å²) in [5.74, 6) is -2.50. The van der Waals surface area contributed by atoms with Gasteiger partial charge in [0.25, 0.3) is 5.91 Å². The zero-order valence-electron chi connectivity index (χ0n) is 13.6. The molecule has 9 nitrogen and oxygen atoms in total. The van der Waals surface area contributed by atoms with Crippen molar-refractivity contribution < 1.29 is 23.6 Å². The predicted molar refractivity (Wildman–Crippen MR) is 91.5 cm³/mol. The van der Waals surface area contributed by atoms with Crippen molar-refractivity contribution in [3.8, 4) is 0 Å². The average molecular weight is 370 g/mol. The van der Waals surface area contributed by atoms with Crippen molar-refractivity contribution >= 4 is 34.3 Å². The number of nitrogens with one attached hydrogen (secondary N) is 1. The highest BCUT2D eigenvalue weighted by atomic mass is 19.1. The first kappa shape index (κ1) is 17.9. The Labute approximate surface area is 151 Å². The lowest BCUT2D eigenvalue weighted by molar-refractivity contribution is -0.387. The molecule has 27 heavy (non-hydrogen) atoms. The van der Waals surface area contributed by atoms with Gasteiger partial charge in [0.05, 0.1) is 21.5 Å². The summed E-state index contributed by atoms with van der Waals surface area (Å²) < 4.78 is 18.2. The van der Waals surface area contributed by atoms with Gasteiger partial charge in [-0.05, 0) is 30.3 Å². The molecule has 0 aliphatic rings. The first-order valence-electron chi connectivity index (χ1n) is 7.56. The lowest BCUT2D eigenvalue weighted by Crippen LogP contribution is -2.21. The molecule has 0 atom stereocenters. The maximum Gasteiger partial charge on any atom is 0.338 e. The quantitative estimate of drug-likeness (QED) is 0.415. The minimum absolute atomic E-state index is 0.00475. The average Bonchev–Trinajstić information content (AvgIpc) is 2.67. The van der Waals surface area contributed by atoms with Crippen LogP contribution in [0.4, 0.5) is 15.8 Å². The second-order valence-corrected chi connectivity index (χ2v) is 5.31. The molecule has 0 radical (unpaired) electrons. The van der Waals surface area contributed by atoms with Crippen LogP contribution in [0.5, 0.6) is 0 Å². The number of nitro benzene ring substituents is 1. The van der Waals surface area contributed by atoms with Crippen molar-refractivity contribution in [1.82, 2.24) is 9.97 Å². The zero-order valence-corrected chi connectivity index (χ0v) is 13.6. The van der Waals surface area contributed by atoms with E-state index < -0.39 is 34.9 Å². The van der Waals surface area contributed by atoms with Gasteiger partial charge in [-0.25, -0.2) is 4.79 Å². The predicted octanol–water partition coefficient (Wildman–Crippen LogP) is 2.47. The van der Waals surface area contributed by atoms with E-state index in [1.165, 1.54) is 24.5 Å². The second kappa shape index (κ2) is 7.52. The molecule has 0 fully saturated rings. The Morgan fingerprint density at radius 3 is 2.59 bits per heavy atom. The molecular formula is C17H11FN4O5. The summed E-state index contributed by atoms with van der Waals surface area (Å²) in [4.78, 5) is 41.8. The number of fused-ring (bicyclic) bond motifs is 1. The highest BCUT2D eigenvalue weighted by molar-refractivity contribution is 5.97. The third-order valence-corrected chi connectivity index (χ3v) is 3.47. The van der Waals surface area contributed by atoms with Crippen LogP contribution in [-0.2, 0) is 9.53 Å². The third kappa shape index (κ3) is 4.18. The largest absolute Gasteiger partial charge is 0.452 e. The van der Waals surface area contributed by atoms with Crippen LogP contribution in [0.3, 0.4) is 0 Å². The number of nitrogens with zero attached hydrogens (tertiary/aromatic N) is 3. The third-order valence-electron chi connectivity index (χ3n) is 3.47. The monoisotopic (exact) mass is 370 g/mol. The molecule has 0 aliphatic heterocycles. The van der Waals surface area contributed by atoms with Crippen LogP contribution in [-0.4, -0.2) is 33.4 Å². The summed E-state index contributed by atoms with van der Waals surface area (Å²) in [5.41, 5.74) is 0.514. The van der Waals surface area contributed by atoms with Crippen LogP contribution in [0.25, 0.3) is 11.0 Å². The topological polar surface area (TPSA) is 124 Å². The zero-order chi connectivity index (χ0) is 19.4. The molecule has 0 unspecified atom stereocenters. The summed E-state index contributed by atoms with van der Waals surface area (Å²) in [6.45, 7) is -0.623. The first-order chi connectivity index (χ1) is 12.9. The van der Waals surface area contributed by atoms with E-state index in [4.69, 9.17) is 4.74 Å². The van der Waals surface area contributed by atoms with E-state index in [0.717, 1.165) is 18.2 Å². The van der Waals surface area contributed by atoms with E-state index in [0.29, 0.717) is 11.0 Å². The number of halogens is 1. The van der Waals surface area contributed by atoms with Gasteiger partial charge in [-0.2, -0.15) is 4.39 Å². The van der Waals surface area contributed by atoms with Gasteiger partial charge in [0.15, 0.2) is 6.61 Å². The Kier molecular flexibility index (Phi) is 4.97. The van der Waals surface area contributed by atoms with Gasteiger partial charge in [0.1, 0.15) is 0 Å². The molecule has 2 aromatic carbocycles. The van der Waals surface area contributed by atoms with Gasteiger partial charge in [-0.15, -0.1) is 0 Å². The van der Waals surface area contributed by atoms with E-state index >= 15 is 0 Å². The number of carbonyl (C=O) groups is 2. The molecule has 1 aromatic heterocycles. The fraction of sp³-hybridized carbons (Fsp3) is 0.0588. The molecule has 0 bridgehead atoms. The highest BCUT2D eigenvalue weighted by Gasteiger charge is 2.16. The fourth-order valence-corrected chi connectivity index (χ4v) is 2.23. The van der Waals surface area contributed by atoms with Crippen molar-refractivity contribution in [3.63, 3.8) is 0 Å². The van der Waals surface area contributed by atoms with E-state index in [-0.39, 0.29) is 11.3 Å². The molecule has 3 rings (SSSR count). The Bertz CT molecular complexity index is 1060. The lowest BCUT2D eigenvalue weighted by Gasteiger charge is -2.07. The Morgan fingerprint density at radius 2 is 1.85 bits per heavy atom. The molecule has 0 aliphatic carbocycles. The summed E-state index contributed by atoms with van der Waals surface area (Å²) >= 11 is 0. The van der Waals surface area contributed by atoms with E-state index in [1.807, 2.05) is 0 Å². The Morgan fingerprint density at radius 1 is 1.11 bits per heavy atom. The molecule has 0 saturated heterocycles. The SMILES string of the molecule is O=C(COC(=O)c1ccc2nccnc2c1)Nc1ccc(F)c([N+](=O)[O-])c1. The molecule has 3 aromatic rings. The molecule has 1 amide bonds. The standard InChI is InChI=1S/C17H11FN4O5/c18-12-3-2-11(8-15(12)22(25)26)21-16(23)9-27-17(24)10-1-4-13-14(7-10)20-6-5-19-13/h1-8H,9H2,(H,21,23). The number of anilines is 1. The van der Waals surface area contributed by atoms with Crippen LogP contribution in [0.15, 0.2) is 48.8 Å². The molecule has 1 N–H and O–H groups in total. The highest BCUT2D eigenvalue weighted by Crippen LogP contribution is 2.21. The summed E-state index contributed by atoms with van der Waals surface area (Å²) in [5, 5.41) is 13.0. The van der Waals surface area contributed by atoms with Crippen molar-refractivity contribution in [3.05, 3.63) is 70.3 Å². The van der Waals surface area contributed by atoms with Gasteiger partial charge in [-0.1, -0.05) is 0 Å². The maximum atomic E-state index is 13.3. The Hall–Kier alpha value is -3.95. The van der Waals surface area contributed by atoms with E-state index in [2.05, 4.69) is 15.3 Å². The first-order valence-corrected chi connectivity index (χ1v) is 7.56. The number of hydrogen-bond donors (Lipinski definition) is 1. The lowest BCUT2D eigenvalue weighted by atomic mass is 10.2. The molecule has 0 saturated carbocycles. The number of esters is 1. The van der Waals surface area contributed by atoms with Crippen LogP contribution < -0.4 is 5.32 Å². The van der Waals surface area contributed by atoms with Gasteiger partial charge >= 0.3 is 11.7 Å². The summed E-state index contributed by atoms with van der Waals surface area (Å²) in [6, 6.07) is 7.44. The smallest absolute Gasteiger partial charge is 0.338 e. The second-order valence-electron chi connectivity index (χ2n) is 5.31. The molecule has 10 heteroatoms. The van der Waals surface area contributed by atoms with Crippen LogP contribution in [0, 0.1) is 15.9 Å². The van der Waals surface area contributed by atoms with Gasteiger partial charge in [0.2, 0.25) is 5.82 Å². The number of nitro groups is 1. The van der Waals surface area contributed by atoms with Crippen molar-refractivity contribution in [2.75, 3.05) is 11.9 Å².